The van der Waals surface area contributed by atoms with E-state index in [2.05, 4.69) is 209 Å². The molecule has 2 aliphatic heterocycles. The minimum Gasteiger partial charge on any atom is -0.657 e. The molecule has 0 atom stereocenters. The summed E-state index contributed by atoms with van der Waals surface area (Å²) in [5.41, 5.74) is 28.5. The van der Waals surface area contributed by atoms with Crippen molar-refractivity contribution in [2.75, 3.05) is 13.2 Å². The number of aromatic nitrogens is 4. The van der Waals surface area contributed by atoms with E-state index in [-0.39, 0.29) is 25.0 Å². The Labute approximate surface area is 626 Å². The molecular formula is C94H102N4O4Zn. The summed E-state index contributed by atoms with van der Waals surface area (Å²) in [6, 6.07) is 41.3. The molecular weight excluding hydrogens is 1310 g/mol. The number of carbonyl (C=O) groups is 1. The average Bonchev–Trinajstić information content (AvgIpc) is 1.64. The van der Waals surface area contributed by atoms with E-state index in [4.69, 9.17) is 29.4 Å². The maximum atomic E-state index is 11.8. The Hall–Kier alpha value is -9.27. The van der Waals surface area contributed by atoms with Crippen LogP contribution in [0.1, 0.15) is 248 Å². The Morgan fingerprint density at radius 2 is 0.650 bits per heavy atom. The SMILES string of the molecule is CCCCCCCCCCCCOc1cc(C#Cc2ccc(-c3c4nc(c(-c5c(C)cc(C)cc5C)c5ccc([n-]5)c(-c5c(C)cc(C)cc5C)c5nc(c(-c6c(C)cc(C)cc6C)c6ccc3[n-]6)C=C5)C=C4)cc2)c(OCCCCCCCCCCCC)cc1C#Cc1ccc(C(=O)O)cc1.[Zn+2]. The van der Waals surface area contributed by atoms with Crippen LogP contribution < -0.4 is 19.4 Å². The van der Waals surface area contributed by atoms with Gasteiger partial charge in [-0.15, -0.1) is 22.1 Å². The van der Waals surface area contributed by atoms with E-state index in [0.717, 1.165) is 148 Å². The summed E-state index contributed by atoms with van der Waals surface area (Å²) < 4.78 is 13.4. The van der Waals surface area contributed by atoms with Gasteiger partial charge in [0.15, 0.2) is 0 Å². The van der Waals surface area contributed by atoms with Crippen LogP contribution in [0, 0.1) is 86.0 Å². The number of ether oxygens (including phenoxy) is 2. The number of hydrogen-bond acceptors (Lipinski definition) is 5. The molecule has 524 valence electrons. The molecule has 0 saturated heterocycles. The van der Waals surface area contributed by atoms with Gasteiger partial charge in [-0.3, -0.25) is 0 Å². The first-order valence-corrected chi connectivity index (χ1v) is 37.8. The standard InChI is InChI=1S/C94H103N4O4.Zn/c1-12-14-16-18-20-22-24-26-28-30-52-101-85-61-76(43-37-72-34-40-74(41-35-72)94(99)100)86(102-53-31-29-27-25-23-21-19-17-15-13-2)60-75(85)42-36-71-32-38-73(39-33-71)90-77-44-46-79(95-77)91(87-65(6)54-62(3)55-66(87)7)81-48-50-83(97-81)93(89-69(10)58-64(5)59-70(89)11)84-51-49-82(98-84)92(80-47-45-78(90)96-80)88-67(8)56-63(4)57-68(88)9;/h32-35,38-41,44-51,54-61H,12-31,52-53H2,1-11H3,(H2-,95,96,97,98,99,100);/q-1;+2/p-1. The predicted octanol–water partition coefficient (Wildman–Crippen LogP) is 24.5. The first-order valence-electron chi connectivity index (χ1n) is 37.8. The summed E-state index contributed by atoms with van der Waals surface area (Å²) in [6.07, 6.45) is 33.2. The quantitative estimate of drug-likeness (QED) is 0.0280. The van der Waals surface area contributed by atoms with Crippen LogP contribution in [0.25, 0.3) is 90.9 Å². The molecule has 2 aliphatic rings. The van der Waals surface area contributed by atoms with Crippen LogP contribution in [0.5, 0.6) is 11.5 Å². The van der Waals surface area contributed by atoms with Gasteiger partial charge in [-0.2, -0.15) is 0 Å². The van der Waals surface area contributed by atoms with Gasteiger partial charge in [0.1, 0.15) is 11.5 Å². The van der Waals surface area contributed by atoms with E-state index in [1.807, 2.05) is 12.1 Å². The second-order valence-corrected chi connectivity index (χ2v) is 28.5. The van der Waals surface area contributed by atoms with Gasteiger partial charge in [0.2, 0.25) is 0 Å². The van der Waals surface area contributed by atoms with Crippen LogP contribution in [-0.4, -0.2) is 34.3 Å². The minimum atomic E-state index is -0.973. The molecule has 8 bridgehead atoms. The molecule has 8 nitrogen and oxygen atoms in total. The van der Waals surface area contributed by atoms with E-state index in [9.17, 15) is 9.90 Å². The van der Waals surface area contributed by atoms with Crippen molar-refractivity contribution in [2.45, 2.75) is 205 Å². The first-order chi connectivity index (χ1) is 49.5. The largest absolute Gasteiger partial charge is 2.00 e. The van der Waals surface area contributed by atoms with E-state index in [1.54, 1.807) is 24.3 Å². The van der Waals surface area contributed by atoms with Gasteiger partial charge in [-0.1, -0.05) is 243 Å². The van der Waals surface area contributed by atoms with Crippen molar-refractivity contribution in [3.8, 4) is 79.7 Å². The maximum absolute atomic E-state index is 11.8. The average molecular weight is 1420 g/mol. The molecule has 9 heteroatoms. The van der Waals surface area contributed by atoms with E-state index >= 15 is 0 Å². The summed E-state index contributed by atoms with van der Waals surface area (Å²) in [5, 5.41) is 9.64. The fraction of sp³-hybridized carbons (Fsp3) is 0.351. The van der Waals surface area contributed by atoms with Gasteiger partial charge < -0.3 is 24.5 Å². The van der Waals surface area contributed by atoms with E-state index < -0.39 is 5.97 Å². The molecule has 5 heterocycles. The van der Waals surface area contributed by atoms with Crippen molar-refractivity contribution in [3.05, 3.63) is 222 Å². The van der Waals surface area contributed by atoms with Crippen molar-refractivity contribution in [3.63, 3.8) is 0 Å². The monoisotopic (exact) mass is 1410 g/mol. The third-order valence-electron chi connectivity index (χ3n) is 20.0. The Balaban J connectivity index is 0.0000114. The molecule has 0 radical (unpaired) electrons. The predicted molar refractivity (Wildman–Crippen MR) is 428 cm³/mol. The zero-order valence-electron chi connectivity index (χ0n) is 63.1. The zero-order chi connectivity index (χ0) is 71.7. The van der Waals surface area contributed by atoms with Crippen LogP contribution in [0.4, 0.5) is 0 Å². The van der Waals surface area contributed by atoms with E-state index in [1.165, 1.54) is 131 Å². The van der Waals surface area contributed by atoms with Gasteiger partial charge in [0.05, 0.1) is 52.7 Å². The Bertz CT molecular complexity index is 4760. The number of fused-ring (bicyclic) bond motifs is 8. The molecule has 1 N–H and O–H groups in total. The summed E-state index contributed by atoms with van der Waals surface area (Å²) in [7, 11) is 0. The summed E-state index contributed by atoms with van der Waals surface area (Å²) in [4.78, 5) is 34.5. The number of rotatable bonds is 29. The minimum absolute atomic E-state index is 0. The Morgan fingerprint density at radius 3 is 0.971 bits per heavy atom. The van der Waals surface area contributed by atoms with Crippen molar-refractivity contribution in [1.29, 1.82) is 0 Å². The summed E-state index contributed by atoms with van der Waals surface area (Å²) >= 11 is 0. The van der Waals surface area contributed by atoms with Crippen molar-refractivity contribution >= 4 is 52.3 Å². The second-order valence-electron chi connectivity index (χ2n) is 28.5. The number of aromatic carboxylic acids is 1. The third kappa shape index (κ3) is 19.3. The first kappa shape index (κ1) is 76.4. The van der Waals surface area contributed by atoms with Gasteiger partial charge >= 0.3 is 25.4 Å². The van der Waals surface area contributed by atoms with Crippen LogP contribution >= 0.6 is 0 Å². The molecule has 0 aliphatic carbocycles. The molecule has 0 unspecified atom stereocenters. The second kappa shape index (κ2) is 36.7. The number of carboxylic acids is 1. The van der Waals surface area contributed by atoms with E-state index in [0.29, 0.717) is 35.8 Å². The summed E-state index contributed by atoms with van der Waals surface area (Å²) in [5.74, 6) is 14.1. The maximum Gasteiger partial charge on any atom is 2.00 e. The van der Waals surface area contributed by atoms with Crippen LogP contribution in [-0.2, 0) is 19.5 Å². The van der Waals surface area contributed by atoms with Crippen molar-refractivity contribution in [2.24, 2.45) is 0 Å². The number of carboxylic acid groups (broad SMARTS) is 1. The number of hydrogen-bond donors (Lipinski definition) is 1. The van der Waals surface area contributed by atoms with Gasteiger partial charge in [-0.05, 0) is 214 Å². The molecule has 9 aromatic rings. The Kier molecular flexibility index (Phi) is 27.2. The van der Waals surface area contributed by atoms with Crippen molar-refractivity contribution in [1.82, 2.24) is 19.9 Å². The Morgan fingerprint density at radius 1 is 0.359 bits per heavy atom. The topological polar surface area (TPSA) is 110 Å². The van der Waals surface area contributed by atoms with Crippen LogP contribution in [0.2, 0.25) is 0 Å². The molecule has 103 heavy (non-hydrogen) atoms. The molecule has 6 aromatic carbocycles. The van der Waals surface area contributed by atoms with Gasteiger partial charge in [0.25, 0.3) is 0 Å². The number of benzene rings is 6. The van der Waals surface area contributed by atoms with Crippen LogP contribution in [0.3, 0.4) is 0 Å². The number of unbranched alkanes of at least 4 members (excludes halogenated alkanes) is 18. The molecule has 0 spiro atoms. The zero-order valence-corrected chi connectivity index (χ0v) is 66.0. The number of aryl methyl sites for hydroxylation is 9. The third-order valence-corrected chi connectivity index (χ3v) is 20.0. The summed E-state index contributed by atoms with van der Waals surface area (Å²) in [6.45, 7) is 25.3. The fourth-order valence-electron chi connectivity index (χ4n) is 15.1. The fourth-order valence-corrected chi connectivity index (χ4v) is 15.1. The molecule has 0 saturated carbocycles. The molecule has 3 aromatic heterocycles. The van der Waals surface area contributed by atoms with Crippen molar-refractivity contribution < 1.29 is 38.9 Å². The van der Waals surface area contributed by atoms with Gasteiger partial charge in [-0.25, -0.2) is 14.8 Å². The van der Waals surface area contributed by atoms with Gasteiger partial charge in [0, 0.05) is 23.3 Å². The molecule has 0 fully saturated rings. The number of nitrogens with zero attached hydrogens (tertiary/aromatic N) is 4. The molecule has 0 amide bonds. The smallest absolute Gasteiger partial charge is 0.657 e. The normalized spacial score (nSPS) is 11.5. The molecule has 11 rings (SSSR count). The van der Waals surface area contributed by atoms with Crippen LogP contribution in [0.15, 0.2) is 121 Å².